The van der Waals surface area contributed by atoms with Gasteiger partial charge in [0, 0.05) is 6.54 Å². The van der Waals surface area contributed by atoms with E-state index in [9.17, 15) is 0 Å². The molecule has 3 aliphatic rings. The van der Waals surface area contributed by atoms with Crippen LogP contribution in [-0.4, -0.2) is 18.3 Å². The maximum atomic E-state index is 5.67. The molecule has 96 valence electrons. The van der Waals surface area contributed by atoms with E-state index in [-0.39, 0.29) is 0 Å². The molecule has 1 N–H and O–H groups in total. The predicted molar refractivity (Wildman–Crippen MR) is 74.9 cm³/mol. The Labute approximate surface area is 110 Å². The summed E-state index contributed by atoms with van der Waals surface area (Å²) in [4.78, 5) is 0. The molecule has 2 nitrogen and oxygen atoms in total. The van der Waals surface area contributed by atoms with E-state index in [0.717, 1.165) is 31.4 Å². The summed E-state index contributed by atoms with van der Waals surface area (Å²) in [6.45, 7) is 3.91. The topological polar surface area (TPSA) is 21.3 Å². The van der Waals surface area contributed by atoms with Gasteiger partial charge in [-0.15, -0.1) is 0 Å². The fourth-order valence-corrected chi connectivity index (χ4v) is 3.01. The lowest BCUT2D eigenvalue weighted by molar-refractivity contribution is 0.135. The molecule has 0 saturated heterocycles. The van der Waals surface area contributed by atoms with E-state index in [4.69, 9.17) is 17.0 Å². The monoisotopic (exact) mass is 253 g/mol. The molecule has 3 heteroatoms. The molecule has 2 bridgehead atoms. The first-order chi connectivity index (χ1) is 8.29. The standard InChI is InChI=1S/C14H23NOS/c1-2-3-8-15-14(17)16-10-13-9-11-4-6-12(13)7-5-11/h4,6,11-13H,2-3,5,7-10H2,1H3,(H,15,17). The van der Waals surface area contributed by atoms with Crippen molar-refractivity contribution in [1.29, 1.82) is 0 Å². The van der Waals surface area contributed by atoms with E-state index in [1.54, 1.807) is 0 Å². The van der Waals surface area contributed by atoms with Crippen molar-refractivity contribution >= 4 is 17.4 Å². The Morgan fingerprint density at radius 2 is 2.29 bits per heavy atom. The summed E-state index contributed by atoms with van der Waals surface area (Å²) in [5.41, 5.74) is 0. The SMILES string of the molecule is CCCCNC(=S)OCC1CC2C=CC1CC2. The number of allylic oxidation sites excluding steroid dienone is 2. The van der Waals surface area contributed by atoms with E-state index in [0.29, 0.717) is 11.1 Å². The van der Waals surface area contributed by atoms with Gasteiger partial charge < -0.3 is 10.1 Å². The lowest BCUT2D eigenvalue weighted by atomic mass is 9.69. The number of hydrogen-bond acceptors (Lipinski definition) is 2. The zero-order valence-electron chi connectivity index (χ0n) is 10.7. The molecule has 0 aliphatic heterocycles. The van der Waals surface area contributed by atoms with Gasteiger partial charge in [0.2, 0.25) is 0 Å². The number of fused-ring (bicyclic) bond motifs is 2. The molecule has 0 heterocycles. The van der Waals surface area contributed by atoms with Crippen LogP contribution < -0.4 is 5.32 Å². The molecule has 0 aromatic rings. The van der Waals surface area contributed by atoms with Gasteiger partial charge in [0.15, 0.2) is 0 Å². The number of hydrogen-bond donors (Lipinski definition) is 1. The summed E-state index contributed by atoms with van der Waals surface area (Å²) in [7, 11) is 0. The van der Waals surface area contributed by atoms with Crippen LogP contribution in [0, 0.1) is 17.8 Å². The lowest BCUT2D eigenvalue weighted by Gasteiger charge is -2.37. The van der Waals surface area contributed by atoms with Crippen LogP contribution in [0.5, 0.6) is 0 Å². The van der Waals surface area contributed by atoms with Gasteiger partial charge in [0.05, 0.1) is 6.61 Å². The largest absolute Gasteiger partial charge is 0.471 e. The van der Waals surface area contributed by atoms with Gasteiger partial charge >= 0.3 is 0 Å². The first-order valence-electron chi connectivity index (χ1n) is 6.88. The lowest BCUT2D eigenvalue weighted by Crippen LogP contribution is -2.33. The average Bonchev–Trinajstić information content (AvgIpc) is 2.38. The Kier molecular flexibility index (Phi) is 4.84. The molecule has 1 fully saturated rings. The third-order valence-corrected chi connectivity index (χ3v) is 4.20. The van der Waals surface area contributed by atoms with E-state index in [1.165, 1.54) is 25.7 Å². The first-order valence-corrected chi connectivity index (χ1v) is 7.29. The van der Waals surface area contributed by atoms with Crippen molar-refractivity contribution in [1.82, 2.24) is 5.32 Å². The Hall–Kier alpha value is -0.570. The zero-order chi connectivity index (χ0) is 12.1. The van der Waals surface area contributed by atoms with Crippen molar-refractivity contribution in [3.63, 3.8) is 0 Å². The molecule has 3 atom stereocenters. The van der Waals surface area contributed by atoms with Gasteiger partial charge in [0.25, 0.3) is 5.17 Å². The minimum atomic E-state index is 0.587. The second-order valence-electron chi connectivity index (χ2n) is 5.26. The van der Waals surface area contributed by atoms with Crippen molar-refractivity contribution in [3.8, 4) is 0 Å². The number of unbranched alkanes of at least 4 members (excludes halogenated alkanes) is 1. The van der Waals surface area contributed by atoms with Crippen LogP contribution in [0.15, 0.2) is 12.2 Å². The van der Waals surface area contributed by atoms with Crippen molar-refractivity contribution < 1.29 is 4.74 Å². The number of ether oxygens (including phenoxy) is 1. The Morgan fingerprint density at radius 1 is 1.41 bits per heavy atom. The minimum absolute atomic E-state index is 0.587. The summed E-state index contributed by atoms with van der Waals surface area (Å²) in [6, 6.07) is 0. The van der Waals surface area contributed by atoms with Crippen molar-refractivity contribution in [2.45, 2.75) is 39.0 Å². The third-order valence-electron chi connectivity index (χ3n) is 3.94. The van der Waals surface area contributed by atoms with Crippen LogP contribution in [0.2, 0.25) is 0 Å². The molecule has 0 spiro atoms. The highest BCUT2D eigenvalue weighted by atomic mass is 32.1. The molecule has 1 saturated carbocycles. The van der Waals surface area contributed by atoms with Crippen molar-refractivity contribution in [3.05, 3.63) is 12.2 Å². The van der Waals surface area contributed by atoms with Gasteiger partial charge in [-0.05, 0) is 55.7 Å². The second-order valence-corrected chi connectivity index (χ2v) is 5.63. The predicted octanol–water partition coefficient (Wildman–Crippen LogP) is 3.28. The smallest absolute Gasteiger partial charge is 0.256 e. The van der Waals surface area contributed by atoms with Gasteiger partial charge in [0.1, 0.15) is 0 Å². The number of nitrogens with one attached hydrogen (secondary N) is 1. The Bertz CT molecular complexity index is 290. The van der Waals surface area contributed by atoms with E-state index in [1.807, 2.05) is 0 Å². The Morgan fingerprint density at radius 3 is 2.88 bits per heavy atom. The highest BCUT2D eigenvalue weighted by Crippen LogP contribution is 2.40. The van der Waals surface area contributed by atoms with E-state index >= 15 is 0 Å². The Balaban J connectivity index is 1.65. The van der Waals surface area contributed by atoms with Crippen molar-refractivity contribution in [2.75, 3.05) is 13.2 Å². The molecule has 3 aliphatic carbocycles. The van der Waals surface area contributed by atoms with Gasteiger partial charge in [-0.2, -0.15) is 0 Å². The van der Waals surface area contributed by atoms with Gasteiger partial charge in [-0.3, -0.25) is 0 Å². The summed E-state index contributed by atoms with van der Waals surface area (Å²) >= 11 is 5.17. The van der Waals surface area contributed by atoms with Crippen LogP contribution >= 0.6 is 12.2 Å². The highest BCUT2D eigenvalue weighted by Gasteiger charge is 2.32. The normalized spacial score (nSPS) is 30.3. The van der Waals surface area contributed by atoms with Gasteiger partial charge in [-0.1, -0.05) is 25.5 Å². The molecule has 17 heavy (non-hydrogen) atoms. The molecule has 3 unspecified atom stereocenters. The molecular weight excluding hydrogens is 230 g/mol. The fourth-order valence-electron chi connectivity index (χ4n) is 2.84. The molecular formula is C14H23NOS. The maximum absolute atomic E-state index is 5.67. The van der Waals surface area contributed by atoms with Gasteiger partial charge in [-0.25, -0.2) is 0 Å². The zero-order valence-corrected chi connectivity index (χ0v) is 11.5. The number of rotatable bonds is 5. The maximum Gasteiger partial charge on any atom is 0.256 e. The van der Waals surface area contributed by atoms with Crippen LogP contribution in [0.4, 0.5) is 0 Å². The molecule has 0 aromatic carbocycles. The van der Waals surface area contributed by atoms with Crippen LogP contribution in [-0.2, 0) is 4.74 Å². The first kappa shape index (κ1) is 12.9. The summed E-state index contributed by atoms with van der Waals surface area (Å²) in [6.07, 6.45) is 11.1. The second kappa shape index (κ2) is 6.39. The third kappa shape index (κ3) is 3.70. The quantitative estimate of drug-likeness (QED) is 0.461. The number of thiocarbonyl (C=S) groups is 1. The molecule has 0 aromatic heterocycles. The average molecular weight is 253 g/mol. The molecule has 0 radical (unpaired) electrons. The summed E-state index contributed by atoms with van der Waals surface area (Å²) < 4.78 is 5.67. The van der Waals surface area contributed by atoms with Crippen molar-refractivity contribution in [2.24, 2.45) is 17.8 Å². The minimum Gasteiger partial charge on any atom is -0.471 e. The highest BCUT2D eigenvalue weighted by molar-refractivity contribution is 7.80. The van der Waals surface area contributed by atoms with Crippen LogP contribution in [0.3, 0.4) is 0 Å². The van der Waals surface area contributed by atoms with E-state index in [2.05, 4.69) is 24.4 Å². The molecule has 3 rings (SSSR count). The fraction of sp³-hybridized carbons (Fsp3) is 0.786. The molecule has 0 amide bonds. The van der Waals surface area contributed by atoms with E-state index < -0.39 is 0 Å². The van der Waals surface area contributed by atoms with Crippen LogP contribution in [0.25, 0.3) is 0 Å². The van der Waals surface area contributed by atoms with Crippen LogP contribution in [0.1, 0.15) is 39.0 Å². The summed E-state index contributed by atoms with van der Waals surface area (Å²) in [5, 5.41) is 3.75. The summed E-state index contributed by atoms with van der Waals surface area (Å²) in [5.74, 6) is 2.22.